The van der Waals surface area contributed by atoms with Crippen LogP contribution in [0.3, 0.4) is 0 Å². The van der Waals surface area contributed by atoms with Crippen LogP contribution in [0.25, 0.3) is 11.0 Å². The first-order chi connectivity index (χ1) is 8.49. The van der Waals surface area contributed by atoms with E-state index in [0.717, 1.165) is 17.8 Å². The molecule has 1 heterocycles. The number of benzene rings is 1. The van der Waals surface area contributed by atoms with Gasteiger partial charge >= 0.3 is 0 Å². The molecule has 0 spiro atoms. The zero-order valence-electron chi connectivity index (χ0n) is 12.0. The van der Waals surface area contributed by atoms with Gasteiger partial charge in [-0.25, -0.2) is 4.98 Å². The third kappa shape index (κ3) is 2.15. The second-order valence-electron chi connectivity index (χ2n) is 5.71. The Morgan fingerprint density at radius 3 is 2.50 bits per heavy atom. The summed E-state index contributed by atoms with van der Waals surface area (Å²) in [5, 5.41) is 3.36. The molecule has 0 aliphatic rings. The van der Waals surface area contributed by atoms with Gasteiger partial charge in [0, 0.05) is 5.54 Å². The van der Waals surface area contributed by atoms with E-state index in [4.69, 9.17) is 4.98 Å². The van der Waals surface area contributed by atoms with Crippen molar-refractivity contribution in [3.8, 4) is 0 Å². The Bertz CT molecular complexity index is 530. The topological polar surface area (TPSA) is 29.9 Å². The molecular weight excluding hydrogens is 222 g/mol. The van der Waals surface area contributed by atoms with E-state index >= 15 is 0 Å². The van der Waals surface area contributed by atoms with E-state index in [0.29, 0.717) is 6.04 Å². The van der Waals surface area contributed by atoms with E-state index in [-0.39, 0.29) is 5.54 Å². The smallest absolute Gasteiger partial charge is 0.127 e. The van der Waals surface area contributed by atoms with Gasteiger partial charge in [-0.3, -0.25) is 0 Å². The molecule has 0 aliphatic heterocycles. The number of para-hydroxylation sites is 2. The maximum absolute atomic E-state index is 4.82. The minimum Gasteiger partial charge on any atom is -0.321 e. The highest BCUT2D eigenvalue weighted by Gasteiger charge is 2.24. The van der Waals surface area contributed by atoms with Crippen LogP contribution in [0, 0.1) is 0 Å². The van der Waals surface area contributed by atoms with Crippen molar-refractivity contribution in [1.82, 2.24) is 14.9 Å². The summed E-state index contributed by atoms with van der Waals surface area (Å²) in [6.45, 7) is 8.88. The molecule has 98 valence electrons. The molecule has 1 atom stereocenters. The number of nitrogens with zero attached hydrogens (tertiary/aromatic N) is 2. The summed E-state index contributed by atoms with van der Waals surface area (Å²) in [5.41, 5.74) is 2.33. The lowest BCUT2D eigenvalue weighted by molar-refractivity contribution is 0.371. The molecule has 2 rings (SSSR count). The summed E-state index contributed by atoms with van der Waals surface area (Å²) in [4.78, 5) is 4.82. The molecule has 3 heteroatoms. The van der Waals surface area contributed by atoms with Crippen LogP contribution >= 0.6 is 0 Å². The lowest BCUT2D eigenvalue weighted by atomic mass is 10.1. The third-order valence-corrected chi connectivity index (χ3v) is 3.33. The van der Waals surface area contributed by atoms with Gasteiger partial charge in [0.15, 0.2) is 0 Å². The maximum atomic E-state index is 4.82. The van der Waals surface area contributed by atoms with E-state index in [9.17, 15) is 0 Å². The molecule has 0 fully saturated rings. The lowest BCUT2D eigenvalue weighted by Crippen LogP contribution is -2.28. The van der Waals surface area contributed by atoms with Crippen molar-refractivity contribution in [3.05, 3.63) is 30.1 Å². The Balaban J connectivity index is 2.72. The number of rotatable bonds is 3. The summed E-state index contributed by atoms with van der Waals surface area (Å²) in [6.07, 6.45) is 1.04. The van der Waals surface area contributed by atoms with Gasteiger partial charge in [-0.15, -0.1) is 0 Å². The van der Waals surface area contributed by atoms with E-state index in [1.54, 1.807) is 0 Å². The number of hydrogen-bond acceptors (Lipinski definition) is 2. The first-order valence-electron chi connectivity index (χ1n) is 6.64. The van der Waals surface area contributed by atoms with Crippen molar-refractivity contribution in [3.63, 3.8) is 0 Å². The predicted molar refractivity (Wildman–Crippen MR) is 76.8 cm³/mol. The fourth-order valence-corrected chi connectivity index (χ4v) is 2.50. The van der Waals surface area contributed by atoms with Crippen LogP contribution in [-0.4, -0.2) is 16.6 Å². The fraction of sp³-hybridized carbons (Fsp3) is 0.533. The third-order valence-electron chi connectivity index (χ3n) is 3.33. The molecule has 0 amide bonds. The average Bonchev–Trinajstić information content (AvgIpc) is 2.69. The van der Waals surface area contributed by atoms with Crippen molar-refractivity contribution < 1.29 is 0 Å². The van der Waals surface area contributed by atoms with Gasteiger partial charge in [-0.2, -0.15) is 0 Å². The molecular formula is C15H23N3. The van der Waals surface area contributed by atoms with Crippen LogP contribution in [0.2, 0.25) is 0 Å². The van der Waals surface area contributed by atoms with Gasteiger partial charge in [0.2, 0.25) is 0 Å². The van der Waals surface area contributed by atoms with Gasteiger partial charge < -0.3 is 9.88 Å². The molecule has 0 bridgehead atoms. The molecule has 0 aliphatic carbocycles. The highest BCUT2D eigenvalue weighted by molar-refractivity contribution is 5.76. The number of fused-ring (bicyclic) bond motifs is 1. The van der Waals surface area contributed by atoms with E-state index < -0.39 is 0 Å². The van der Waals surface area contributed by atoms with Crippen LogP contribution in [0.5, 0.6) is 0 Å². The highest BCUT2D eigenvalue weighted by Crippen LogP contribution is 2.29. The fourth-order valence-electron chi connectivity index (χ4n) is 2.50. The van der Waals surface area contributed by atoms with Crippen molar-refractivity contribution in [2.75, 3.05) is 7.05 Å². The van der Waals surface area contributed by atoms with Gasteiger partial charge in [0.25, 0.3) is 0 Å². The summed E-state index contributed by atoms with van der Waals surface area (Å²) < 4.78 is 2.35. The average molecular weight is 245 g/mol. The standard InChI is InChI=1S/C15H23N3/c1-6-11(16-5)14-17-12-9-7-8-10-13(12)18(14)15(2,3)4/h7-11,16H,6H2,1-5H3. The van der Waals surface area contributed by atoms with Crippen molar-refractivity contribution in [2.45, 2.75) is 45.7 Å². The second kappa shape index (κ2) is 4.73. The molecule has 2 aromatic rings. The van der Waals surface area contributed by atoms with Gasteiger partial charge in [-0.05, 0) is 46.4 Å². The van der Waals surface area contributed by atoms with Crippen molar-refractivity contribution >= 4 is 11.0 Å². The van der Waals surface area contributed by atoms with Crippen molar-refractivity contribution in [2.24, 2.45) is 0 Å². The lowest BCUT2D eigenvalue weighted by Gasteiger charge is -2.27. The summed E-state index contributed by atoms with van der Waals surface area (Å²) in [5.74, 6) is 1.13. The van der Waals surface area contributed by atoms with Gasteiger partial charge in [-0.1, -0.05) is 19.1 Å². The number of imidazole rings is 1. The molecule has 1 N–H and O–H groups in total. The highest BCUT2D eigenvalue weighted by atomic mass is 15.2. The Kier molecular flexibility index (Phi) is 3.44. The molecule has 0 saturated carbocycles. The zero-order chi connectivity index (χ0) is 13.3. The number of nitrogens with one attached hydrogen (secondary N) is 1. The minimum absolute atomic E-state index is 0.0374. The minimum atomic E-state index is 0.0374. The first kappa shape index (κ1) is 13.1. The Labute approximate surface area is 109 Å². The quantitative estimate of drug-likeness (QED) is 0.897. The Morgan fingerprint density at radius 1 is 1.28 bits per heavy atom. The molecule has 18 heavy (non-hydrogen) atoms. The van der Waals surface area contributed by atoms with Crippen LogP contribution in [0.15, 0.2) is 24.3 Å². The number of hydrogen-bond donors (Lipinski definition) is 1. The van der Waals surface area contributed by atoms with Gasteiger partial charge in [0.1, 0.15) is 5.82 Å². The molecule has 1 aromatic carbocycles. The summed E-state index contributed by atoms with van der Waals surface area (Å²) in [7, 11) is 2.00. The zero-order valence-corrected chi connectivity index (χ0v) is 12.0. The van der Waals surface area contributed by atoms with Crippen LogP contribution in [-0.2, 0) is 5.54 Å². The molecule has 1 unspecified atom stereocenters. The van der Waals surface area contributed by atoms with Crippen LogP contribution in [0.1, 0.15) is 46.0 Å². The predicted octanol–water partition coefficient (Wildman–Crippen LogP) is 3.46. The van der Waals surface area contributed by atoms with Gasteiger partial charge in [0.05, 0.1) is 17.1 Å². The summed E-state index contributed by atoms with van der Waals surface area (Å²) >= 11 is 0. The molecule has 3 nitrogen and oxygen atoms in total. The normalized spacial score (nSPS) is 14.1. The maximum Gasteiger partial charge on any atom is 0.127 e. The monoisotopic (exact) mass is 245 g/mol. The SMILES string of the molecule is CCC(NC)c1nc2ccccc2n1C(C)(C)C. The van der Waals surface area contributed by atoms with Crippen molar-refractivity contribution in [1.29, 1.82) is 0 Å². The van der Waals surface area contributed by atoms with Crippen LogP contribution < -0.4 is 5.32 Å². The Morgan fingerprint density at radius 2 is 1.94 bits per heavy atom. The van der Waals surface area contributed by atoms with Crippen LogP contribution in [0.4, 0.5) is 0 Å². The van der Waals surface area contributed by atoms with E-state index in [2.05, 4.69) is 55.8 Å². The molecule has 0 radical (unpaired) electrons. The number of aromatic nitrogens is 2. The second-order valence-corrected chi connectivity index (χ2v) is 5.71. The van der Waals surface area contributed by atoms with E-state index in [1.807, 2.05) is 13.1 Å². The molecule has 1 aromatic heterocycles. The summed E-state index contributed by atoms with van der Waals surface area (Å²) in [6, 6.07) is 8.67. The van der Waals surface area contributed by atoms with E-state index in [1.165, 1.54) is 5.52 Å². The largest absolute Gasteiger partial charge is 0.321 e. The molecule has 0 saturated heterocycles. The first-order valence-corrected chi connectivity index (χ1v) is 6.64. The Hall–Kier alpha value is -1.35.